The van der Waals surface area contributed by atoms with Gasteiger partial charge in [0.2, 0.25) is 0 Å². The number of rotatable bonds is 0. The number of hydrogen-bond donors (Lipinski definition) is 0. The maximum absolute atomic E-state index is 4.83. The number of furan rings is 2. The summed E-state index contributed by atoms with van der Waals surface area (Å²) in [5.74, 6) is 1.82. The lowest BCUT2D eigenvalue weighted by Gasteiger charge is -1.69. The smallest absolute Gasteiger partial charge is 0.133 e. The van der Waals surface area contributed by atoms with Crippen molar-refractivity contribution >= 4 is 57.3 Å². The van der Waals surface area contributed by atoms with E-state index < -0.39 is 0 Å². The van der Waals surface area contributed by atoms with Crippen LogP contribution in [-0.2, 0) is 0 Å². The molecule has 10 rings (SSSR count). The minimum Gasteiger partial charge on any atom is -0.472 e. The zero-order valence-corrected chi connectivity index (χ0v) is 59.7. The highest BCUT2D eigenvalue weighted by Crippen LogP contribution is 2.04. The summed E-state index contributed by atoms with van der Waals surface area (Å²) in [6.07, 6.45) is 15.1. The quantitative estimate of drug-likeness (QED) is 0.143. The van der Waals surface area contributed by atoms with E-state index in [1.54, 1.807) is 84.7 Å². The van der Waals surface area contributed by atoms with Crippen LogP contribution in [0, 0.1) is 69.2 Å². The molecule has 10 aromatic heterocycles. The van der Waals surface area contributed by atoms with Crippen molar-refractivity contribution in [2.75, 3.05) is 0 Å². The minimum absolute atomic E-state index is 0.856. The van der Waals surface area contributed by atoms with Crippen molar-refractivity contribution in [1.82, 2.24) is 28.6 Å². The monoisotopic (exact) mass is 1210 g/mol. The van der Waals surface area contributed by atoms with E-state index in [1.165, 1.54) is 61.0 Å². The molecular formula is C64H114N6O5S5. The molecule has 0 bridgehead atoms. The highest BCUT2D eigenvalue weighted by molar-refractivity contribution is 7.09. The SMILES string of the molecule is CC.CC.CC.CC.CC.CC.CC.CC.CC.CC.Cc1ccco1.Cc1cccs1.Cc1ccno1.Cc1ccns1.Cc1ccoc1.Cc1ccon1.Cc1ccsc1.Cc1ccsn1.Cc1cnoc1.Cc1cnsc1. The van der Waals surface area contributed by atoms with Gasteiger partial charge in [-0.1, -0.05) is 160 Å². The van der Waals surface area contributed by atoms with E-state index in [2.05, 4.69) is 90.3 Å². The van der Waals surface area contributed by atoms with Crippen LogP contribution in [0.25, 0.3) is 0 Å². The molecular weight excluding hydrogens is 1090 g/mol. The van der Waals surface area contributed by atoms with Crippen LogP contribution in [-0.4, -0.2) is 28.6 Å². The van der Waals surface area contributed by atoms with E-state index in [-0.39, 0.29) is 0 Å². The number of thiophene rings is 2. The van der Waals surface area contributed by atoms with E-state index in [9.17, 15) is 0 Å². The standard InChI is InChI=1S/2C5H6O.2C5H6S.3C4H5NO.3C4H5NS.10C2H6/c1-5-2-3-6-4-5;1-5-3-2-4-6-5;1-5-2-3-6-4-5;1-5-3-2-4-6-5;1-4-2-5-6-3-4;1-4-2-3-6-5-4;1-4-2-3-5-6-4;1-4-2-5-6-3-4;1-4-2-3-6-5-4;1-4-2-3-5-6-4;10*1-2/h4*2-4H,1H3;6*2-3H,1H3;10*1-2H3. The Kier molecular flexibility index (Phi) is 112. The Bertz CT molecular complexity index is 1650. The topological polar surface area (TPSA) is 143 Å². The minimum atomic E-state index is 0.856. The van der Waals surface area contributed by atoms with Crippen molar-refractivity contribution in [3.8, 4) is 0 Å². The Hall–Kier alpha value is -5.52. The molecule has 16 heteroatoms. The lowest BCUT2D eigenvalue weighted by molar-refractivity contribution is 0.397. The van der Waals surface area contributed by atoms with E-state index in [0.29, 0.717) is 0 Å². The molecule has 0 fully saturated rings. The van der Waals surface area contributed by atoms with Gasteiger partial charge in [-0.25, -0.2) is 8.75 Å². The third-order valence-corrected chi connectivity index (χ3v) is 9.64. The highest BCUT2D eigenvalue weighted by Gasteiger charge is 1.81. The van der Waals surface area contributed by atoms with Crippen molar-refractivity contribution in [1.29, 1.82) is 0 Å². The molecule has 0 radical (unpaired) electrons. The fourth-order valence-corrected chi connectivity index (χ4v) is 5.67. The number of aryl methyl sites for hydroxylation is 10. The van der Waals surface area contributed by atoms with Crippen LogP contribution in [0.5, 0.6) is 0 Å². The number of nitrogens with zero attached hydrogens (tertiary/aromatic N) is 6. The molecule has 0 spiro atoms. The molecule has 80 heavy (non-hydrogen) atoms. The molecule has 10 aromatic rings. The lowest BCUT2D eigenvalue weighted by Crippen LogP contribution is -1.59. The average molecular weight is 1210 g/mol. The van der Waals surface area contributed by atoms with Gasteiger partial charge in [-0.2, -0.15) is 15.7 Å². The molecule has 0 aliphatic heterocycles. The molecule has 11 nitrogen and oxygen atoms in total. The van der Waals surface area contributed by atoms with Gasteiger partial charge in [-0.15, -0.1) is 11.3 Å². The van der Waals surface area contributed by atoms with Gasteiger partial charge in [0, 0.05) is 50.6 Å². The first-order valence-corrected chi connectivity index (χ1v) is 32.4. The van der Waals surface area contributed by atoms with Gasteiger partial charge in [0.25, 0.3) is 0 Å². The molecule has 0 saturated heterocycles. The van der Waals surface area contributed by atoms with Crippen LogP contribution >= 0.6 is 57.3 Å². The molecule has 0 amide bonds. The average Bonchev–Trinajstić information content (AvgIpc) is 4.32. The van der Waals surface area contributed by atoms with Gasteiger partial charge in [0.1, 0.15) is 24.0 Å². The predicted octanol–water partition coefficient (Wildman–Crippen LogP) is 24.9. The summed E-state index contributed by atoms with van der Waals surface area (Å²) in [4.78, 5) is 2.66. The first-order chi connectivity index (χ1) is 38.9. The van der Waals surface area contributed by atoms with Gasteiger partial charge >= 0.3 is 0 Å². The molecule has 460 valence electrons. The Labute approximate surface area is 511 Å². The summed E-state index contributed by atoms with van der Waals surface area (Å²) in [5.41, 5.74) is 6.89. The summed E-state index contributed by atoms with van der Waals surface area (Å²) in [6.45, 7) is 59.8. The van der Waals surface area contributed by atoms with Crippen molar-refractivity contribution in [3.05, 3.63) is 199 Å². The molecule has 0 unspecified atom stereocenters. The van der Waals surface area contributed by atoms with Gasteiger partial charge in [0.15, 0.2) is 0 Å². The van der Waals surface area contributed by atoms with Gasteiger partial charge in [-0.05, 0) is 179 Å². The van der Waals surface area contributed by atoms with Crippen LogP contribution in [0.4, 0.5) is 0 Å². The molecule has 0 aromatic carbocycles. The molecule has 0 N–H and O–H groups in total. The first kappa shape index (κ1) is 96.7. The summed E-state index contributed by atoms with van der Waals surface area (Å²) in [7, 11) is 0. The zero-order chi connectivity index (χ0) is 64.1. The first-order valence-electron chi connectivity index (χ1n) is 28.1. The van der Waals surface area contributed by atoms with Crippen molar-refractivity contribution < 1.29 is 22.4 Å². The summed E-state index contributed by atoms with van der Waals surface area (Å²) in [6, 6.07) is 19.6. The largest absolute Gasteiger partial charge is 0.472 e. The molecule has 0 aliphatic carbocycles. The van der Waals surface area contributed by atoms with Crippen molar-refractivity contribution in [3.63, 3.8) is 0 Å². The summed E-state index contributed by atoms with van der Waals surface area (Å²) in [5, 5.41) is 20.7. The number of hydrogen-bond acceptors (Lipinski definition) is 16. The Morgan fingerprint density at radius 2 is 1.02 bits per heavy atom. The third-order valence-electron chi connectivity index (χ3n) is 6.03. The maximum Gasteiger partial charge on any atom is 0.133 e. The summed E-state index contributed by atoms with van der Waals surface area (Å²) >= 11 is 8.02. The van der Waals surface area contributed by atoms with Crippen LogP contribution in [0.15, 0.2) is 166 Å². The van der Waals surface area contributed by atoms with Gasteiger partial charge in [0.05, 0.1) is 42.6 Å². The lowest BCUT2D eigenvalue weighted by atomic mass is 10.4. The van der Waals surface area contributed by atoms with Crippen LogP contribution in [0.3, 0.4) is 0 Å². The highest BCUT2D eigenvalue weighted by atomic mass is 32.1. The van der Waals surface area contributed by atoms with Crippen molar-refractivity contribution in [2.45, 2.75) is 208 Å². The fourth-order valence-electron chi connectivity index (χ4n) is 3.01. The third kappa shape index (κ3) is 89.1. The van der Waals surface area contributed by atoms with Crippen LogP contribution in [0.1, 0.15) is 193 Å². The van der Waals surface area contributed by atoms with Gasteiger partial charge in [-0.3, -0.25) is 0 Å². The van der Waals surface area contributed by atoms with Crippen molar-refractivity contribution in [2.24, 2.45) is 0 Å². The van der Waals surface area contributed by atoms with Crippen LogP contribution in [0.2, 0.25) is 0 Å². The van der Waals surface area contributed by atoms with E-state index in [0.717, 1.165) is 28.5 Å². The van der Waals surface area contributed by atoms with Crippen LogP contribution < -0.4 is 0 Å². The normalized spacial score (nSPS) is 7.38. The Morgan fingerprint density at radius 1 is 0.400 bits per heavy atom. The Balaban J connectivity index is -0.0000000822. The van der Waals surface area contributed by atoms with E-state index >= 15 is 0 Å². The fraction of sp³-hybridized carbons (Fsp3) is 0.469. The van der Waals surface area contributed by atoms with E-state index in [1.807, 2.05) is 241 Å². The van der Waals surface area contributed by atoms with E-state index in [4.69, 9.17) is 8.83 Å². The molecule has 0 atom stereocenters. The molecule has 10 heterocycles. The zero-order valence-electron chi connectivity index (χ0n) is 55.6. The molecule has 0 aliphatic rings. The second-order valence-corrected chi connectivity index (χ2v) is 16.3. The second kappa shape index (κ2) is 92.8. The van der Waals surface area contributed by atoms with Gasteiger partial charge < -0.3 is 22.4 Å². The summed E-state index contributed by atoms with van der Waals surface area (Å²) < 4.78 is 34.7. The predicted molar refractivity (Wildman–Crippen MR) is 363 cm³/mol. The second-order valence-electron chi connectivity index (χ2n) is 12.0. The molecule has 0 saturated carbocycles. The number of aromatic nitrogens is 6. The Morgan fingerprint density at radius 3 is 1.15 bits per heavy atom. The maximum atomic E-state index is 4.83.